The van der Waals surface area contributed by atoms with Crippen molar-refractivity contribution in [3.8, 4) is 5.88 Å². The molecular formula is C19H19N5O3. The molecule has 1 amide bonds. The quantitative estimate of drug-likeness (QED) is 0.718. The number of fused-ring (bicyclic) bond motifs is 1. The largest absolute Gasteiger partial charge is 0.493 e. The van der Waals surface area contributed by atoms with Gasteiger partial charge in [-0.1, -0.05) is 18.2 Å². The van der Waals surface area contributed by atoms with E-state index in [1.165, 1.54) is 12.4 Å². The standard InChI is InChI=1S/C19H19N5O3/c25-18(14-5-7-20-8-6-14)22-21-17-15-3-1-2-4-16(15)24(19(17)26)13-23-9-11-27-12-10-23/h1-8,26H,9-13H2. The average Bonchev–Trinajstić information content (AvgIpc) is 2.99. The summed E-state index contributed by atoms with van der Waals surface area (Å²) in [6.45, 7) is 3.45. The number of pyridine rings is 1. The number of benzene rings is 1. The summed E-state index contributed by atoms with van der Waals surface area (Å²) in [5.41, 5.74) is 1.53. The average molecular weight is 365 g/mol. The highest BCUT2D eigenvalue weighted by Gasteiger charge is 2.20. The van der Waals surface area contributed by atoms with Crippen LogP contribution in [0.4, 0.5) is 5.69 Å². The van der Waals surface area contributed by atoms with Gasteiger partial charge in [0.15, 0.2) is 5.69 Å². The zero-order valence-electron chi connectivity index (χ0n) is 14.7. The van der Waals surface area contributed by atoms with E-state index in [9.17, 15) is 9.90 Å². The topological polar surface area (TPSA) is 92.3 Å². The van der Waals surface area contributed by atoms with Crippen LogP contribution in [0.15, 0.2) is 59.0 Å². The van der Waals surface area contributed by atoms with Crippen molar-refractivity contribution in [1.29, 1.82) is 0 Å². The maximum Gasteiger partial charge on any atom is 0.295 e. The lowest BCUT2D eigenvalue weighted by atomic mass is 10.2. The highest BCUT2D eigenvalue weighted by molar-refractivity contribution is 5.97. The van der Waals surface area contributed by atoms with Gasteiger partial charge in [0.25, 0.3) is 5.91 Å². The third kappa shape index (κ3) is 3.57. The molecule has 3 heterocycles. The molecular weight excluding hydrogens is 346 g/mol. The molecule has 1 fully saturated rings. The zero-order valence-corrected chi connectivity index (χ0v) is 14.7. The van der Waals surface area contributed by atoms with Gasteiger partial charge in [0.2, 0.25) is 5.88 Å². The van der Waals surface area contributed by atoms with Crippen molar-refractivity contribution in [2.45, 2.75) is 6.67 Å². The van der Waals surface area contributed by atoms with E-state index in [0.717, 1.165) is 24.0 Å². The van der Waals surface area contributed by atoms with E-state index in [2.05, 4.69) is 20.1 Å². The smallest absolute Gasteiger partial charge is 0.295 e. The first-order chi connectivity index (χ1) is 13.2. The first-order valence-electron chi connectivity index (χ1n) is 8.70. The Hall–Kier alpha value is -3.10. The minimum atomic E-state index is -0.484. The first kappa shape index (κ1) is 17.3. The van der Waals surface area contributed by atoms with Gasteiger partial charge in [-0.25, -0.2) is 0 Å². The van der Waals surface area contributed by atoms with Crippen molar-refractivity contribution in [2.24, 2.45) is 10.2 Å². The zero-order chi connectivity index (χ0) is 18.6. The molecule has 0 unspecified atom stereocenters. The molecule has 1 aliphatic rings. The van der Waals surface area contributed by atoms with E-state index < -0.39 is 5.91 Å². The van der Waals surface area contributed by atoms with Gasteiger partial charge in [-0.2, -0.15) is 0 Å². The third-order valence-corrected chi connectivity index (χ3v) is 4.53. The summed E-state index contributed by atoms with van der Waals surface area (Å²) >= 11 is 0. The summed E-state index contributed by atoms with van der Waals surface area (Å²) in [5.74, 6) is -0.490. The van der Waals surface area contributed by atoms with Gasteiger partial charge < -0.3 is 9.84 Å². The predicted octanol–water partition coefficient (Wildman–Crippen LogP) is 2.96. The van der Waals surface area contributed by atoms with Crippen LogP contribution in [0.2, 0.25) is 0 Å². The number of aromatic nitrogens is 2. The SMILES string of the molecule is O=C(N=Nc1c(O)n(CN2CCOCC2)c2ccccc12)c1ccncc1. The molecule has 27 heavy (non-hydrogen) atoms. The Morgan fingerprint density at radius 3 is 2.67 bits per heavy atom. The Kier molecular flexibility index (Phi) is 4.91. The van der Waals surface area contributed by atoms with Crippen LogP contribution in [0.3, 0.4) is 0 Å². The number of azo groups is 1. The van der Waals surface area contributed by atoms with Crippen molar-refractivity contribution in [2.75, 3.05) is 26.3 Å². The van der Waals surface area contributed by atoms with Gasteiger partial charge in [0.1, 0.15) is 0 Å². The minimum absolute atomic E-state index is 0.00558. The number of para-hydroxylation sites is 1. The van der Waals surface area contributed by atoms with E-state index in [-0.39, 0.29) is 5.88 Å². The summed E-state index contributed by atoms with van der Waals surface area (Å²) in [6, 6.07) is 10.7. The molecule has 2 aromatic heterocycles. The van der Waals surface area contributed by atoms with Crippen molar-refractivity contribution < 1.29 is 14.6 Å². The van der Waals surface area contributed by atoms with Crippen LogP contribution < -0.4 is 0 Å². The van der Waals surface area contributed by atoms with Crippen LogP contribution in [0.1, 0.15) is 10.4 Å². The van der Waals surface area contributed by atoms with E-state index in [4.69, 9.17) is 4.74 Å². The summed E-state index contributed by atoms with van der Waals surface area (Å²) in [6.07, 6.45) is 3.04. The van der Waals surface area contributed by atoms with Gasteiger partial charge in [0.05, 0.1) is 25.4 Å². The molecule has 8 nitrogen and oxygen atoms in total. The predicted molar refractivity (Wildman–Crippen MR) is 99.1 cm³/mol. The van der Waals surface area contributed by atoms with E-state index in [0.29, 0.717) is 31.1 Å². The van der Waals surface area contributed by atoms with E-state index in [1.807, 2.05) is 24.3 Å². The highest BCUT2D eigenvalue weighted by Crippen LogP contribution is 2.39. The number of amides is 1. The second kappa shape index (κ2) is 7.65. The van der Waals surface area contributed by atoms with Crippen LogP contribution >= 0.6 is 0 Å². The lowest BCUT2D eigenvalue weighted by molar-refractivity contribution is 0.0231. The molecule has 1 saturated heterocycles. The van der Waals surface area contributed by atoms with Crippen LogP contribution in [-0.2, 0) is 11.4 Å². The lowest BCUT2D eigenvalue weighted by Crippen LogP contribution is -2.37. The number of nitrogens with zero attached hydrogens (tertiary/aromatic N) is 5. The van der Waals surface area contributed by atoms with Gasteiger partial charge in [-0.3, -0.25) is 19.2 Å². The first-order valence-corrected chi connectivity index (χ1v) is 8.70. The monoisotopic (exact) mass is 365 g/mol. The van der Waals surface area contributed by atoms with Crippen molar-refractivity contribution in [3.05, 3.63) is 54.4 Å². The Morgan fingerprint density at radius 2 is 1.89 bits per heavy atom. The number of rotatable bonds is 4. The number of aromatic hydroxyl groups is 1. The summed E-state index contributed by atoms with van der Waals surface area (Å²) < 4.78 is 7.16. The molecule has 0 bridgehead atoms. The molecule has 3 aromatic rings. The molecule has 0 aliphatic carbocycles. The minimum Gasteiger partial charge on any atom is -0.493 e. The number of hydrogen-bond donors (Lipinski definition) is 1. The summed E-state index contributed by atoms with van der Waals surface area (Å²) in [7, 11) is 0. The second-order valence-corrected chi connectivity index (χ2v) is 6.23. The Morgan fingerprint density at radius 1 is 1.15 bits per heavy atom. The molecule has 1 N–H and O–H groups in total. The third-order valence-electron chi connectivity index (χ3n) is 4.53. The van der Waals surface area contributed by atoms with Crippen molar-refractivity contribution >= 4 is 22.5 Å². The van der Waals surface area contributed by atoms with Gasteiger partial charge in [-0.15, -0.1) is 10.2 Å². The van der Waals surface area contributed by atoms with Crippen LogP contribution in [0, 0.1) is 0 Å². The number of morpholine rings is 1. The second-order valence-electron chi connectivity index (χ2n) is 6.23. The fraction of sp³-hybridized carbons (Fsp3) is 0.263. The Labute approximate surface area is 155 Å². The normalized spacial score (nSPS) is 15.6. The number of carbonyl (C=O) groups excluding carboxylic acids is 1. The Bertz CT molecular complexity index is 978. The fourth-order valence-electron chi connectivity index (χ4n) is 3.10. The molecule has 4 rings (SSSR count). The summed E-state index contributed by atoms with van der Waals surface area (Å²) in [5, 5.41) is 19.4. The Balaban J connectivity index is 1.67. The van der Waals surface area contributed by atoms with Crippen LogP contribution in [-0.4, -0.2) is 51.8 Å². The van der Waals surface area contributed by atoms with Crippen molar-refractivity contribution in [3.63, 3.8) is 0 Å². The lowest BCUT2D eigenvalue weighted by Gasteiger charge is -2.27. The van der Waals surface area contributed by atoms with E-state index in [1.54, 1.807) is 16.7 Å². The molecule has 1 aromatic carbocycles. The molecule has 0 radical (unpaired) electrons. The number of hydrogen-bond acceptors (Lipinski definition) is 6. The molecule has 8 heteroatoms. The molecule has 1 aliphatic heterocycles. The van der Waals surface area contributed by atoms with Crippen LogP contribution in [0.5, 0.6) is 5.88 Å². The number of carbonyl (C=O) groups is 1. The maximum absolute atomic E-state index is 12.2. The molecule has 0 saturated carbocycles. The molecule has 0 spiro atoms. The van der Waals surface area contributed by atoms with E-state index >= 15 is 0 Å². The van der Waals surface area contributed by atoms with Gasteiger partial charge >= 0.3 is 0 Å². The summed E-state index contributed by atoms with van der Waals surface area (Å²) in [4.78, 5) is 18.3. The highest BCUT2D eigenvalue weighted by atomic mass is 16.5. The molecule has 138 valence electrons. The maximum atomic E-state index is 12.2. The fourth-order valence-corrected chi connectivity index (χ4v) is 3.10. The van der Waals surface area contributed by atoms with Crippen LogP contribution in [0.25, 0.3) is 10.9 Å². The van der Waals surface area contributed by atoms with Crippen molar-refractivity contribution in [1.82, 2.24) is 14.5 Å². The number of ether oxygens (including phenoxy) is 1. The van der Waals surface area contributed by atoms with Gasteiger partial charge in [-0.05, 0) is 18.2 Å². The van der Waals surface area contributed by atoms with Gasteiger partial charge in [0, 0.05) is 36.4 Å². The molecule has 0 atom stereocenters.